The molecular formula is C11H14INO. The van der Waals surface area contributed by atoms with Crippen molar-refractivity contribution in [3.63, 3.8) is 0 Å². The Morgan fingerprint density at radius 2 is 1.71 bits per heavy atom. The van der Waals surface area contributed by atoms with Gasteiger partial charge in [0.2, 0.25) is 5.91 Å². The van der Waals surface area contributed by atoms with Crippen molar-refractivity contribution in [2.24, 2.45) is 5.41 Å². The molecule has 0 bridgehead atoms. The Kier molecular flexibility index (Phi) is 3.53. The molecule has 1 aromatic rings. The molecule has 0 aliphatic carbocycles. The number of hydrogen-bond donors (Lipinski definition) is 1. The third-order valence-corrected chi connectivity index (χ3v) is 2.50. The van der Waals surface area contributed by atoms with Crippen LogP contribution in [0.2, 0.25) is 0 Å². The molecule has 0 saturated carbocycles. The van der Waals surface area contributed by atoms with Gasteiger partial charge in [-0.2, -0.15) is 0 Å². The van der Waals surface area contributed by atoms with Crippen molar-refractivity contribution in [3.8, 4) is 0 Å². The topological polar surface area (TPSA) is 29.1 Å². The maximum Gasteiger partial charge on any atom is 0.229 e. The van der Waals surface area contributed by atoms with Crippen molar-refractivity contribution in [1.29, 1.82) is 0 Å². The molecule has 3 heteroatoms. The van der Waals surface area contributed by atoms with Gasteiger partial charge in [0.15, 0.2) is 0 Å². The first kappa shape index (κ1) is 11.5. The lowest BCUT2D eigenvalue weighted by Crippen LogP contribution is -2.27. The predicted molar refractivity (Wildman–Crippen MR) is 67.2 cm³/mol. The Bertz CT molecular complexity index is 324. The summed E-state index contributed by atoms with van der Waals surface area (Å²) in [5.41, 5.74) is 0.508. The van der Waals surface area contributed by atoms with Gasteiger partial charge in [-0.3, -0.25) is 4.79 Å². The average molecular weight is 303 g/mol. The molecule has 1 N–H and O–H groups in total. The van der Waals surface area contributed by atoms with E-state index in [0.29, 0.717) is 0 Å². The van der Waals surface area contributed by atoms with Gasteiger partial charge in [-0.1, -0.05) is 20.8 Å². The van der Waals surface area contributed by atoms with Crippen molar-refractivity contribution in [1.82, 2.24) is 0 Å². The van der Waals surface area contributed by atoms with Crippen LogP contribution < -0.4 is 5.32 Å². The summed E-state index contributed by atoms with van der Waals surface area (Å²) >= 11 is 2.23. The van der Waals surface area contributed by atoms with Crippen molar-refractivity contribution in [2.75, 3.05) is 5.32 Å². The van der Waals surface area contributed by atoms with E-state index in [0.717, 1.165) is 9.26 Å². The lowest BCUT2D eigenvalue weighted by molar-refractivity contribution is -0.123. The maximum absolute atomic E-state index is 11.6. The van der Waals surface area contributed by atoms with E-state index in [-0.39, 0.29) is 11.3 Å². The summed E-state index contributed by atoms with van der Waals surface area (Å²) in [6, 6.07) is 7.76. The average Bonchev–Trinajstić information content (AvgIpc) is 2.07. The molecule has 0 unspecified atom stereocenters. The Hall–Kier alpha value is -0.580. The van der Waals surface area contributed by atoms with Crippen LogP contribution in [0.15, 0.2) is 24.3 Å². The number of carbonyl (C=O) groups is 1. The fraction of sp³-hybridized carbons (Fsp3) is 0.364. The smallest absolute Gasteiger partial charge is 0.229 e. The normalized spacial score (nSPS) is 11.1. The largest absolute Gasteiger partial charge is 0.326 e. The fourth-order valence-corrected chi connectivity index (χ4v) is 1.21. The van der Waals surface area contributed by atoms with Crippen molar-refractivity contribution in [2.45, 2.75) is 20.8 Å². The van der Waals surface area contributed by atoms with Crippen LogP contribution in [-0.4, -0.2) is 5.91 Å². The molecule has 2 nitrogen and oxygen atoms in total. The van der Waals surface area contributed by atoms with Gasteiger partial charge < -0.3 is 5.32 Å². The van der Waals surface area contributed by atoms with E-state index in [9.17, 15) is 4.79 Å². The second kappa shape index (κ2) is 4.29. The highest BCUT2D eigenvalue weighted by Crippen LogP contribution is 2.17. The number of hydrogen-bond acceptors (Lipinski definition) is 1. The second-order valence-electron chi connectivity index (χ2n) is 4.21. The third kappa shape index (κ3) is 3.29. The van der Waals surface area contributed by atoms with Crippen LogP contribution in [-0.2, 0) is 4.79 Å². The Balaban J connectivity index is 2.71. The van der Waals surface area contributed by atoms with Gasteiger partial charge in [0.25, 0.3) is 0 Å². The van der Waals surface area contributed by atoms with Crippen LogP contribution >= 0.6 is 22.6 Å². The standard InChI is InChI=1S/C11H14INO/c1-11(2,3)10(14)13-9-6-4-8(12)5-7-9/h4-7H,1-3H3,(H,13,14). The van der Waals surface area contributed by atoms with Gasteiger partial charge >= 0.3 is 0 Å². The molecule has 0 atom stereocenters. The summed E-state index contributed by atoms with van der Waals surface area (Å²) in [5, 5.41) is 2.87. The Morgan fingerprint density at radius 1 is 1.21 bits per heavy atom. The summed E-state index contributed by atoms with van der Waals surface area (Å²) in [6.45, 7) is 5.69. The predicted octanol–water partition coefficient (Wildman–Crippen LogP) is 3.28. The first-order chi connectivity index (χ1) is 6.39. The first-order valence-corrected chi connectivity index (χ1v) is 5.54. The van der Waals surface area contributed by atoms with E-state index in [1.54, 1.807) is 0 Å². The van der Waals surface area contributed by atoms with E-state index in [4.69, 9.17) is 0 Å². The molecule has 0 heterocycles. The minimum absolute atomic E-state index is 0.0405. The van der Waals surface area contributed by atoms with Crippen LogP contribution in [0.25, 0.3) is 0 Å². The van der Waals surface area contributed by atoms with Gasteiger partial charge in [0, 0.05) is 14.7 Å². The summed E-state index contributed by atoms with van der Waals surface area (Å²) in [6.07, 6.45) is 0. The molecule has 0 aliphatic heterocycles. The Labute approximate surface area is 98.2 Å². The number of rotatable bonds is 1. The summed E-state index contributed by atoms with van der Waals surface area (Å²) in [4.78, 5) is 11.6. The van der Waals surface area contributed by atoms with Gasteiger partial charge in [-0.05, 0) is 46.9 Å². The van der Waals surface area contributed by atoms with Crippen LogP contribution in [0.3, 0.4) is 0 Å². The van der Waals surface area contributed by atoms with E-state index >= 15 is 0 Å². The van der Waals surface area contributed by atoms with E-state index in [1.165, 1.54) is 0 Å². The van der Waals surface area contributed by atoms with E-state index in [2.05, 4.69) is 27.9 Å². The van der Waals surface area contributed by atoms with Crippen LogP contribution in [0, 0.1) is 8.99 Å². The van der Waals surface area contributed by atoms with Gasteiger partial charge in [-0.15, -0.1) is 0 Å². The summed E-state index contributed by atoms with van der Waals surface area (Å²) < 4.78 is 1.16. The fourth-order valence-electron chi connectivity index (χ4n) is 0.852. The number of benzene rings is 1. The van der Waals surface area contributed by atoms with Crippen LogP contribution in [0.4, 0.5) is 5.69 Å². The number of halogens is 1. The number of carbonyl (C=O) groups excluding carboxylic acids is 1. The molecule has 76 valence electrons. The minimum atomic E-state index is -0.344. The highest BCUT2D eigenvalue weighted by Gasteiger charge is 2.20. The van der Waals surface area contributed by atoms with Crippen LogP contribution in [0.1, 0.15) is 20.8 Å². The van der Waals surface area contributed by atoms with Crippen molar-refractivity contribution >= 4 is 34.2 Å². The molecule has 0 aromatic heterocycles. The quantitative estimate of drug-likeness (QED) is 0.793. The van der Waals surface area contributed by atoms with E-state index in [1.807, 2.05) is 45.0 Å². The van der Waals surface area contributed by atoms with Crippen molar-refractivity contribution < 1.29 is 4.79 Å². The zero-order valence-electron chi connectivity index (χ0n) is 8.60. The van der Waals surface area contributed by atoms with Gasteiger partial charge in [-0.25, -0.2) is 0 Å². The number of amides is 1. The number of nitrogens with one attached hydrogen (secondary N) is 1. The third-order valence-electron chi connectivity index (χ3n) is 1.78. The highest BCUT2D eigenvalue weighted by molar-refractivity contribution is 14.1. The molecule has 14 heavy (non-hydrogen) atoms. The lowest BCUT2D eigenvalue weighted by Gasteiger charge is -2.17. The van der Waals surface area contributed by atoms with Gasteiger partial charge in [0.05, 0.1) is 0 Å². The van der Waals surface area contributed by atoms with Crippen LogP contribution in [0.5, 0.6) is 0 Å². The highest BCUT2D eigenvalue weighted by atomic mass is 127. The molecular weight excluding hydrogens is 289 g/mol. The zero-order chi connectivity index (χ0) is 10.8. The molecule has 0 spiro atoms. The molecule has 0 aliphatic rings. The molecule has 1 aromatic carbocycles. The maximum atomic E-state index is 11.6. The minimum Gasteiger partial charge on any atom is -0.326 e. The molecule has 0 saturated heterocycles. The second-order valence-corrected chi connectivity index (χ2v) is 5.46. The number of anilines is 1. The summed E-state index contributed by atoms with van der Waals surface area (Å²) in [7, 11) is 0. The van der Waals surface area contributed by atoms with Gasteiger partial charge in [0.1, 0.15) is 0 Å². The summed E-state index contributed by atoms with van der Waals surface area (Å²) in [5.74, 6) is 0.0405. The van der Waals surface area contributed by atoms with Crippen molar-refractivity contribution in [3.05, 3.63) is 27.8 Å². The first-order valence-electron chi connectivity index (χ1n) is 4.46. The molecule has 0 fully saturated rings. The SMILES string of the molecule is CC(C)(C)C(=O)Nc1ccc(I)cc1. The molecule has 1 amide bonds. The molecule has 1 rings (SSSR count). The van der Waals surface area contributed by atoms with E-state index < -0.39 is 0 Å². The Morgan fingerprint density at radius 3 is 2.14 bits per heavy atom. The molecule has 0 radical (unpaired) electrons. The monoisotopic (exact) mass is 303 g/mol. The zero-order valence-corrected chi connectivity index (χ0v) is 10.8. The lowest BCUT2D eigenvalue weighted by atomic mass is 9.95.